The molecular formula is C16H14BrFO. The van der Waals surface area contributed by atoms with Crippen LogP contribution in [-0.2, 0) is 6.42 Å². The van der Waals surface area contributed by atoms with E-state index >= 15 is 0 Å². The van der Waals surface area contributed by atoms with Gasteiger partial charge in [0.25, 0.3) is 0 Å². The van der Waals surface area contributed by atoms with Crippen LogP contribution in [0, 0.1) is 19.7 Å². The number of hydrogen-bond donors (Lipinski definition) is 0. The van der Waals surface area contributed by atoms with E-state index in [2.05, 4.69) is 15.9 Å². The molecule has 3 heteroatoms. The number of ketones is 1. The van der Waals surface area contributed by atoms with Gasteiger partial charge in [-0.3, -0.25) is 4.79 Å². The van der Waals surface area contributed by atoms with Gasteiger partial charge in [0, 0.05) is 6.42 Å². The largest absolute Gasteiger partial charge is 0.294 e. The molecule has 0 unspecified atom stereocenters. The second-order valence-electron chi connectivity index (χ2n) is 4.70. The SMILES string of the molecule is Cc1cc(C)cc(CC(=O)c2cccc(Br)c2F)c1. The lowest BCUT2D eigenvalue weighted by Crippen LogP contribution is -2.07. The Morgan fingerprint density at radius 3 is 2.42 bits per heavy atom. The van der Waals surface area contributed by atoms with E-state index < -0.39 is 5.82 Å². The number of carbonyl (C=O) groups is 1. The first kappa shape index (κ1) is 13.9. The molecule has 0 aliphatic heterocycles. The molecule has 0 amide bonds. The number of Topliss-reactive ketones (excluding diaryl/α,β-unsaturated/α-hetero) is 1. The van der Waals surface area contributed by atoms with Crippen LogP contribution in [0.1, 0.15) is 27.0 Å². The van der Waals surface area contributed by atoms with Crippen molar-refractivity contribution in [2.24, 2.45) is 0 Å². The molecule has 0 heterocycles. The molecular weight excluding hydrogens is 307 g/mol. The predicted octanol–water partition coefficient (Wildman–Crippen LogP) is 4.63. The Morgan fingerprint density at radius 1 is 1.16 bits per heavy atom. The third kappa shape index (κ3) is 3.29. The topological polar surface area (TPSA) is 17.1 Å². The Balaban J connectivity index is 2.28. The van der Waals surface area contributed by atoms with E-state index in [4.69, 9.17) is 0 Å². The van der Waals surface area contributed by atoms with Crippen molar-refractivity contribution in [2.75, 3.05) is 0 Å². The van der Waals surface area contributed by atoms with Crippen LogP contribution in [0.3, 0.4) is 0 Å². The molecule has 0 fully saturated rings. The fourth-order valence-corrected chi connectivity index (χ4v) is 2.54. The van der Waals surface area contributed by atoms with Gasteiger partial charge in [0.1, 0.15) is 5.82 Å². The Morgan fingerprint density at radius 2 is 1.79 bits per heavy atom. The zero-order valence-electron chi connectivity index (χ0n) is 10.8. The molecule has 0 spiro atoms. The fraction of sp³-hybridized carbons (Fsp3) is 0.188. The predicted molar refractivity (Wildman–Crippen MR) is 78.1 cm³/mol. The van der Waals surface area contributed by atoms with Gasteiger partial charge >= 0.3 is 0 Å². The quantitative estimate of drug-likeness (QED) is 0.753. The van der Waals surface area contributed by atoms with E-state index in [1.165, 1.54) is 6.07 Å². The molecule has 0 bridgehead atoms. The summed E-state index contributed by atoms with van der Waals surface area (Å²) in [6.07, 6.45) is 0.218. The molecule has 0 aliphatic rings. The maximum atomic E-state index is 13.8. The maximum Gasteiger partial charge on any atom is 0.170 e. The number of benzene rings is 2. The van der Waals surface area contributed by atoms with Gasteiger partial charge in [-0.05, 0) is 47.5 Å². The molecule has 0 atom stereocenters. The molecule has 0 N–H and O–H groups in total. The highest BCUT2D eigenvalue weighted by Crippen LogP contribution is 2.20. The third-order valence-corrected chi connectivity index (χ3v) is 3.51. The summed E-state index contributed by atoms with van der Waals surface area (Å²) < 4.78 is 14.2. The van der Waals surface area contributed by atoms with E-state index in [0.717, 1.165) is 16.7 Å². The number of hydrogen-bond acceptors (Lipinski definition) is 1. The molecule has 1 nitrogen and oxygen atoms in total. The van der Waals surface area contributed by atoms with Crippen molar-refractivity contribution < 1.29 is 9.18 Å². The molecule has 2 rings (SSSR count). The zero-order valence-corrected chi connectivity index (χ0v) is 12.4. The average molecular weight is 321 g/mol. The van der Waals surface area contributed by atoms with Gasteiger partial charge < -0.3 is 0 Å². The van der Waals surface area contributed by atoms with Crippen LogP contribution in [0.5, 0.6) is 0 Å². The summed E-state index contributed by atoms with van der Waals surface area (Å²) in [6.45, 7) is 3.97. The molecule has 2 aromatic carbocycles. The van der Waals surface area contributed by atoms with Gasteiger partial charge in [0.2, 0.25) is 0 Å². The van der Waals surface area contributed by atoms with Crippen molar-refractivity contribution in [3.63, 3.8) is 0 Å². The number of carbonyl (C=O) groups excluding carboxylic acids is 1. The van der Waals surface area contributed by atoms with E-state index in [9.17, 15) is 9.18 Å². The van der Waals surface area contributed by atoms with Crippen molar-refractivity contribution >= 4 is 21.7 Å². The van der Waals surface area contributed by atoms with Crippen molar-refractivity contribution in [3.05, 3.63) is 68.9 Å². The minimum atomic E-state index is -0.489. The van der Waals surface area contributed by atoms with Crippen LogP contribution in [0.15, 0.2) is 40.9 Å². The monoisotopic (exact) mass is 320 g/mol. The molecule has 0 radical (unpaired) electrons. The lowest BCUT2D eigenvalue weighted by molar-refractivity contribution is 0.0989. The van der Waals surface area contributed by atoms with Gasteiger partial charge in [0.15, 0.2) is 5.78 Å². The number of halogens is 2. The fourth-order valence-electron chi connectivity index (χ4n) is 2.17. The molecule has 0 aliphatic carbocycles. The summed E-state index contributed by atoms with van der Waals surface area (Å²) in [5.74, 6) is -0.694. The zero-order chi connectivity index (χ0) is 14.0. The summed E-state index contributed by atoms with van der Waals surface area (Å²) in [7, 11) is 0. The summed E-state index contributed by atoms with van der Waals surface area (Å²) in [5, 5.41) is 0. The van der Waals surface area contributed by atoms with Gasteiger partial charge in [-0.2, -0.15) is 0 Å². The van der Waals surface area contributed by atoms with Crippen LogP contribution >= 0.6 is 15.9 Å². The van der Waals surface area contributed by atoms with Gasteiger partial charge in [-0.1, -0.05) is 35.4 Å². The number of rotatable bonds is 3. The van der Waals surface area contributed by atoms with E-state index in [-0.39, 0.29) is 17.8 Å². The second-order valence-corrected chi connectivity index (χ2v) is 5.55. The Bertz CT molecular complexity index is 614. The summed E-state index contributed by atoms with van der Waals surface area (Å²) in [4.78, 5) is 12.1. The highest BCUT2D eigenvalue weighted by atomic mass is 79.9. The Hall–Kier alpha value is -1.48. The summed E-state index contributed by atoms with van der Waals surface area (Å²) >= 11 is 3.10. The first-order valence-electron chi connectivity index (χ1n) is 6.02. The van der Waals surface area contributed by atoms with Gasteiger partial charge in [0.05, 0.1) is 10.0 Å². The van der Waals surface area contributed by atoms with Crippen molar-refractivity contribution in [2.45, 2.75) is 20.3 Å². The minimum Gasteiger partial charge on any atom is -0.294 e. The lowest BCUT2D eigenvalue weighted by Gasteiger charge is -2.06. The van der Waals surface area contributed by atoms with Crippen molar-refractivity contribution in [3.8, 4) is 0 Å². The van der Waals surface area contributed by atoms with Crippen LogP contribution in [0.2, 0.25) is 0 Å². The smallest absolute Gasteiger partial charge is 0.170 e. The molecule has 0 aromatic heterocycles. The van der Waals surface area contributed by atoms with Crippen molar-refractivity contribution in [1.82, 2.24) is 0 Å². The van der Waals surface area contributed by atoms with Gasteiger partial charge in [-0.25, -0.2) is 4.39 Å². The highest BCUT2D eigenvalue weighted by molar-refractivity contribution is 9.10. The Labute approximate surface area is 120 Å². The third-order valence-electron chi connectivity index (χ3n) is 2.90. The normalized spacial score (nSPS) is 10.5. The van der Waals surface area contributed by atoms with Crippen LogP contribution < -0.4 is 0 Å². The Kier molecular flexibility index (Phi) is 4.15. The molecule has 98 valence electrons. The summed E-state index contributed by atoms with van der Waals surface area (Å²) in [5.41, 5.74) is 3.27. The van der Waals surface area contributed by atoms with Crippen LogP contribution in [-0.4, -0.2) is 5.78 Å². The average Bonchev–Trinajstić information content (AvgIpc) is 2.31. The maximum absolute atomic E-state index is 13.8. The highest BCUT2D eigenvalue weighted by Gasteiger charge is 2.14. The molecule has 2 aromatic rings. The van der Waals surface area contributed by atoms with E-state index in [1.54, 1.807) is 12.1 Å². The second kappa shape index (κ2) is 5.66. The van der Waals surface area contributed by atoms with Crippen molar-refractivity contribution in [1.29, 1.82) is 0 Å². The molecule has 19 heavy (non-hydrogen) atoms. The minimum absolute atomic E-state index is 0.133. The first-order valence-corrected chi connectivity index (χ1v) is 6.81. The van der Waals surface area contributed by atoms with Crippen LogP contribution in [0.4, 0.5) is 4.39 Å². The van der Waals surface area contributed by atoms with Gasteiger partial charge in [-0.15, -0.1) is 0 Å². The molecule has 0 saturated heterocycles. The molecule has 0 saturated carbocycles. The number of aryl methyl sites for hydroxylation is 2. The lowest BCUT2D eigenvalue weighted by atomic mass is 9.99. The first-order chi connectivity index (χ1) is 8.97. The van der Waals surface area contributed by atoms with Crippen LogP contribution in [0.25, 0.3) is 0 Å². The van der Waals surface area contributed by atoms with E-state index in [0.29, 0.717) is 4.47 Å². The standard InChI is InChI=1S/C16H14BrFO/c1-10-6-11(2)8-12(7-10)9-15(19)13-4-3-5-14(17)16(13)18/h3-8H,9H2,1-2H3. The van der Waals surface area contributed by atoms with E-state index in [1.807, 2.05) is 32.0 Å². The summed E-state index contributed by atoms with van der Waals surface area (Å²) in [6, 6.07) is 10.7.